The van der Waals surface area contributed by atoms with Crippen LogP contribution in [-0.2, 0) is 16.1 Å². The first kappa shape index (κ1) is 16.3. The van der Waals surface area contributed by atoms with Crippen LogP contribution in [0.3, 0.4) is 0 Å². The molecule has 1 aromatic rings. The number of rotatable bonds is 8. The molecule has 0 fully saturated rings. The Morgan fingerprint density at radius 3 is 2.70 bits per heavy atom. The third-order valence-electron chi connectivity index (χ3n) is 2.76. The standard InChI is InChI=1S/C15H23NO4/c1-5-16-10-12-9-13(18-4)7-8-14(12)20-11(3)15(17)19-6-2/h7-9,11,16H,5-6,10H2,1-4H3. The molecule has 0 amide bonds. The number of carbonyl (C=O) groups excluding carboxylic acids is 1. The molecule has 1 atom stereocenters. The topological polar surface area (TPSA) is 56.8 Å². The van der Waals surface area contributed by atoms with Crippen LogP contribution in [0.5, 0.6) is 11.5 Å². The van der Waals surface area contributed by atoms with Gasteiger partial charge in [-0.1, -0.05) is 6.92 Å². The smallest absolute Gasteiger partial charge is 0.347 e. The van der Waals surface area contributed by atoms with Crippen molar-refractivity contribution < 1.29 is 19.0 Å². The van der Waals surface area contributed by atoms with E-state index in [1.807, 2.05) is 19.1 Å². The molecule has 0 aliphatic heterocycles. The predicted octanol–water partition coefficient (Wildman–Crippen LogP) is 2.14. The van der Waals surface area contributed by atoms with Gasteiger partial charge >= 0.3 is 5.97 Å². The fourth-order valence-electron chi connectivity index (χ4n) is 1.69. The van der Waals surface area contributed by atoms with E-state index in [2.05, 4.69) is 5.32 Å². The van der Waals surface area contributed by atoms with Crippen LogP contribution in [0, 0.1) is 0 Å². The van der Waals surface area contributed by atoms with E-state index in [-0.39, 0.29) is 5.97 Å². The highest BCUT2D eigenvalue weighted by Gasteiger charge is 2.17. The van der Waals surface area contributed by atoms with Gasteiger partial charge in [-0.15, -0.1) is 0 Å². The Morgan fingerprint density at radius 2 is 2.10 bits per heavy atom. The third-order valence-corrected chi connectivity index (χ3v) is 2.76. The van der Waals surface area contributed by atoms with Crippen LogP contribution in [0.15, 0.2) is 18.2 Å². The Morgan fingerprint density at radius 1 is 1.35 bits per heavy atom. The van der Waals surface area contributed by atoms with Crippen LogP contribution in [0.25, 0.3) is 0 Å². The minimum Gasteiger partial charge on any atom is -0.497 e. The fraction of sp³-hybridized carbons (Fsp3) is 0.533. The van der Waals surface area contributed by atoms with Gasteiger partial charge in [0.2, 0.25) is 0 Å². The van der Waals surface area contributed by atoms with E-state index in [1.54, 1.807) is 27.0 Å². The van der Waals surface area contributed by atoms with Gasteiger partial charge in [-0.3, -0.25) is 0 Å². The van der Waals surface area contributed by atoms with Gasteiger partial charge in [-0.05, 0) is 38.6 Å². The summed E-state index contributed by atoms with van der Waals surface area (Å²) in [6.07, 6.45) is -0.635. The number of esters is 1. The molecule has 1 rings (SSSR count). The molecule has 20 heavy (non-hydrogen) atoms. The van der Waals surface area contributed by atoms with Gasteiger partial charge in [-0.2, -0.15) is 0 Å². The van der Waals surface area contributed by atoms with Gasteiger partial charge in [0, 0.05) is 12.1 Å². The Kier molecular flexibility index (Phi) is 6.87. The maximum Gasteiger partial charge on any atom is 0.347 e. The number of methoxy groups -OCH3 is 1. The zero-order valence-corrected chi connectivity index (χ0v) is 12.6. The van der Waals surface area contributed by atoms with Crippen LogP contribution >= 0.6 is 0 Å². The van der Waals surface area contributed by atoms with Crippen molar-refractivity contribution in [1.82, 2.24) is 5.32 Å². The molecule has 1 unspecified atom stereocenters. The van der Waals surface area contributed by atoms with Crippen molar-refractivity contribution in [3.8, 4) is 11.5 Å². The first-order chi connectivity index (χ1) is 9.62. The molecule has 0 saturated heterocycles. The van der Waals surface area contributed by atoms with Crippen LogP contribution in [0.4, 0.5) is 0 Å². The van der Waals surface area contributed by atoms with Crippen molar-refractivity contribution in [3.05, 3.63) is 23.8 Å². The second-order valence-corrected chi connectivity index (χ2v) is 4.27. The van der Waals surface area contributed by atoms with E-state index in [0.29, 0.717) is 18.9 Å². The molecule has 5 heteroatoms. The summed E-state index contributed by atoms with van der Waals surface area (Å²) >= 11 is 0. The van der Waals surface area contributed by atoms with Crippen LogP contribution in [0.2, 0.25) is 0 Å². The Bertz CT molecular complexity index is 434. The molecule has 0 spiro atoms. The van der Waals surface area contributed by atoms with E-state index in [4.69, 9.17) is 14.2 Å². The van der Waals surface area contributed by atoms with E-state index < -0.39 is 6.10 Å². The number of nitrogens with one attached hydrogen (secondary N) is 1. The zero-order valence-electron chi connectivity index (χ0n) is 12.6. The number of ether oxygens (including phenoxy) is 3. The molecule has 5 nitrogen and oxygen atoms in total. The number of hydrogen-bond acceptors (Lipinski definition) is 5. The molecule has 0 bridgehead atoms. The lowest BCUT2D eigenvalue weighted by Gasteiger charge is -2.17. The minimum absolute atomic E-state index is 0.347. The number of benzene rings is 1. The van der Waals surface area contributed by atoms with Crippen molar-refractivity contribution >= 4 is 5.97 Å². The van der Waals surface area contributed by atoms with E-state index >= 15 is 0 Å². The summed E-state index contributed by atoms with van der Waals surface area (Å²) in [5.41, 5.74) is 0.947. The first-order valence-electron chi connectivity index (χ1n) is 6.83. The van der Waals surface area contributed by atoms with Crippen molar-refractivity contribution in [2.24, 2.45) is 0 Å². The normalized spacial score (nSPS) is 11.8. The molecule has 0 saturated carbocycles. The molecule has 0 heterocycles. The van der Waals surface area contributed by atoms with Gasteiger partial charge in [-0.25, -0.2) is 4.79 Å². The molecule has 0 aliphatic carbocycles. The molecular weight excluding hydrogens is 258 g/mol. The van der Waals surface area contributed by atoms with Crippen LogP contribution in [-0.4, -0.2) is 32.3 Å². The summed E-state index contributed by atoms with van der Waals surface area (Å²) in [4.78, 5) is 11.6. The van der Waals surface area contributed by atoms with Crippen LogP contribution < -0.4 is 14.8 Å². The summed E-state index contributed by atoms with van der Waals surface area (Å²) in [7, 11) is 1.62. The number of hydrogen-bond donors (Lipinski definition) is 1. The summed E-state index contributed by atoms with van der Waals surface area (Å²) in [5.74, 6) is 1.05. The zero-order chi connectivity index (χ0) is 15.0. The van der Waals surface area contributed by atoms with Gasteiger partial charge < -0.3 is 19.5 Å². The van der Waals surface area contributed by atoms with E-state index in [0.717, 1.165) is 17.9 Å². The van der Waals surface area contributed by atoms with Crippen LogP contribution in [0.1, 0.15) is 26.3 Å². The molecule has 0 aliphatic rings. The SMILES string of the molecule is CCNCc1cc(OC)ccc1OC(C)C(=O)OCC. The molecule has 1 aromatic carbocycles. The molecular formula is C15H23NO4. The largest absolute Gasteiger partial charge is 0.497 e. The van der Waals surface area contributed by atoms with E-state index in [1.165, 1.54) is 0 Å². The van der Waals surface area contributed by atoms with Gasteiger partial charge in [0.1, 0.15) is 11.5 Å². The lowest BCUT2D eigenvalue weighted by atomic mass is 10.2. The Labute approximate surface area is 120 Å². The number of carbonyl (C=O) groups is 1. The first-order valence-corrected chi connectivity index (χ1v) is 6.83. The van der Waals surface area contributed by atoms with Gasteiger partial charge in [0.25, 0.3) is 0 Å². The van der Waals surface area contributed by atoms with Crippen molar-refractivity contribution in [3.63, 3.8) is 0 Å². The minimum atomic E-state index is -0.635. The van der Waals surface area contributed by atoms with Gasteiger partial charge in [0.05, 0.1) is 13.7 Å². The maximum atomic E-state index is 11.6. The third kappa shape index (κ3) is 4.74. The summed E-state index contributed by atoms with van der Waals surface area (Å²) in [6.45, 7) is 7.33. The van der Waals surface area contributed by atoms with Gasteiger partial charge in [0.15, 0.2) is 6.10 Å². The molecule has 0 radical (unpaired) electrons. The fourth-order valence-corrected chi connectivity index (χ4v) is 1.69. The van der Waals surface area contributed by atoms with Crippen molar-refractivity contribution in [2.45, 2.75) is 33.4 Å². The Hall–Kier alpha value is -1.75. The second kappa shape index (κ2) is 8.43. The highest BCUT2D eigenvalue weighted by molar-refractivity contribution is 5.74. The molecule has 112 valence electrons. The highest BCUT2D eigenvalue weighted by Crippen LogP contribution is 2.25. The monoisotopic (exact) mass is 281 g/mol. The highest BCUT2D eigenvalue weighted by atomic mass is 16.6. The lowest BCUT2D eigenvalue weighted by molar-refractivity contribution is -0.150. The molecule has 0 aromatic heterocycles. The Balaban J connectivity index is 2.83. The van der Waals surface area contributed by atoms with E-state index in [9.17, 15) is 4.79 Å². The lowest BCUT2D eigenvalue weighted by Crippen LogP contribution is -2.26. The summed E-state index contributed by atoms with van der Waals surface area (Å²) in [6, 6.07) is 5.51. The molecule has 1 N–H and O–H groups in total. The summed E-state index contributed by atoms with van der Waals surface area (Å²) < 4.78 is 15.8. The van der Waals surface area contributed by atoms with Crippen molar-refractivity contribution in [1.29, 1.82) is 0 Å². The summed E-state index contributed by atoms with van der Waals surface area (Å²) in [5, 5.41) is 3.23. The quantitative estimate of drug-likeness (QED) is 0.740. The predicted molar refractivity (Wildman–Crippen MR) is 77.1 cm³/mol. The maximum absolute atomic E-state index is 11.6. The second-order valence-electron chi connectivity index (χ2n) is 4.27. The average molecular weight is 281 g/mol. The average Bonchev–Trinajstić information content (AvgIpc) is 2.46. The van der Waals surface area contributed by atoms with Crippen molar-refractivity contribution in [2.75, 3.05) is 20.3 Å².